The van der Waals surface area contributed by atoms with E-state index in [0.29, 0.717) is 0 Å². The number of rotatable bonds is 6. The maximum Gasteiger partial charge on any atom is 0.159 e. The molecule has 11 aromatic rings. The van der Waals surface area contributed by atoms with E-state index in [2.05, 4.69) is 193 Å². The Morgan fingerprint density at radius 3 is 1.67 bits per heavy atom. The predicted octanol–water partition coefficient (Wildman–Crippen LogP) is 15.1. The summed E-state index contributed by atoms with van der Waals surface area (Å²) in [6.45, 7) is 0. The summed E-state index contributed by atoms with van der Waals surface area (Å²) in [6, 6.07) is 70.9. The average molecular weight is 704 g/mol. The minimum atomic E-state index is 0.828. The van der Waals surface area contributed by atoms with Crippen LogP contribution in [0.1, 0.15) is 0 Å². The predicted molar refractivity (Wildman–Crippen MR) is 229 cm³/mol. The van der Waals surface area contributed by atoms with Gasteiger partial charge in [-0.2, -0.15) is 0 Å². The molecule has 0 radical (unpaired) electrons. The third kappa shape index (κ3) is 5.20. The molecule has 0 atom stereocenters. The zero-order valence-corrected chi connectivity index (χ0v) is 29.8. The van der Waals surface area contributed by atoms with Crippen molar-refractivity contribution in [2.24, 2.45) is 0 Å². The van der Waals surface area contributed by atoms with E-state index in [1.807, 2.05) is 12.1 Å². The number of para-hydroxylation sites is 3. The van der Waals surface area contributed by atoms with Crippen LogP contribution in [0, 0.1) is 0 Å². The van der Waals surface area contributed by atoms with Gasteiger partial charge in [-0.15, -0.1) is 0 Å². The minimum Gasteiger partial charge on any atom is -0.456 e. The molecule has 258 valence electrons. The maximum absolute atomic E-state index is 7.15. The van der Waals surface area contributed by atoms with Gasteiger partial charge < -0.3 is 13.7 Å². The molecule has 0 fully saturated rings. The first-order valence-electron chi connectivity index (χ1n) is 18.7. The molecule has 9 aromatic carbocycles. The van der Waals surface area contributed by atoms with E-state index in [1.54, 1.807) is 0 Å². The first-order chi connectivity index (χ1) is 27.3. The van der Waals surface area contributed by atoms with Gasteiger partial charge in [-0.3, -0.25) is 0 Å². The smallest absolute Gasteiger partial charge is 0.159 e. The third-order valence-electron chi connectivity index (χ3n) is 10.8. The van der Waals surface area contributed by atoms with Crippen molar-refractivity contribution in [3.05, 3.63) is 200 Å². The molecule has 2 aromatic heterocycles. The van der Waals surface area contributed by atoms with Gasteiger partial charge in [-0.1, -0.05) is 152 Å². The number of hydrogen-bond donors (Lipinski definition) is 0. The monoisotopic (exact) mass is 703 g/mol. The molecule has 0 aliphatic carbocycles. The molecule has 11 rings (SSSR count). The van der Waals surface area contributed by atoms with Crippen LogP contribution in [0.5, 0.6) is 0 Å². The summed E-state index contributed by atoms with van der Waals surface area (Å²) >= 11 is 0. The normalized spacial score (nSPS) is 11.6. The number of anilines is 3. The molecule has 0 aliphatic heterocycles. The molecule has 0 bridgehead atoms. The Bertz CT molecular complexity index is 3150. The lowest BCUT2D eigenvalue weighted by Gasteiger charge is -2.27. The van der Waals surface area contributed by atoms with Gasteiger partial charge >= 0.3 is 0 Å². The van der Waals surface area contributed by atoms with Crippen molar-refractivity contribution >= 4 is 71.7 Å². The first kappa shape index (κ1) is 31.2. The number of fused-ring (bicyclic) bond motifs is 7. The lowest BCUT2D eigenvalue weighted by Crippen LogP contribution is -2.10. The second-order valence-corrected chi connectivity index (χ2v) is 14.1. The van der Waals surface area contributed by atoms with Gasteiger partial charge in [0, 0.05) is 38.5 Å². The Balaban J connectivity index is 1.20. The summed E-state index contributed by atoms with van der Waals surface area (Å²) in [6.07, 6.45) is 0. The zero-order valence-electron chi connectivity index (χ0n) is 29.8. The van der Waals surface area contributed by atoms with E-state index in [9.17, 15) is 0 Å². The Kier molecular flexibility index (Phi) is 7.17. The molecular weight excluding hydrogens is 671 g/mol. The van der Waals surface area contributed by atoms with Gasteiger partial charge in [0.05, 0.1) is 5.69 Å². The van der Waals surface area contributed by atoms with E-state index in [4.69, 9.17) is 8.83 Å². The molecule has 3 nitrogen and oxygen atoms in total. The highest BCUT2D eigenvalue weighted by Gasteiger charge is 2.23. The molecule has 0 amide bonds. The largest absolute Gasteiger partial charge is 0.456 e. The Labute approximate surface area is 317 Å². The first-order valence-corrected chi connectivity index (χ1v) is 18.7. The van der Waals surface area contributed by atoms with E-state index in [0.717, 1.165) is 94.3 Å². The second kappa shape index (κ2) is 12.6. The van der Waals surface area contributed by atoms with Gasteiger partial charge in [-0.25, -0.2) is 0 Å². The Morgan fingerprint density at radius 2 is 0.891 bits per heavy atom. The van der Waals surface area contributed by atoms with Crippen LogP contribution in [-0.4, -0.2) is 0 Å². The van der Waals surface area contributed by atoms with Crippen LogP contribution in [0.2, 0.25) is 0 Å². The summed E-state index contributed by atoms with van der Waals surface area (Å²) in [7, 11) is 0. The lowest BCUT2D eigenvalue weighted by atomic mass is 9.96. The maximum atomic E-state index is 7.15. The van der Waals surface area contributed by atoms with Gasteiger partial charge in [0.2, 0.25) is 0 Å². The number of hydrogen-bond acceptors (Lipinski definition) is 3. The molecule has 0 saturated carbocycles. The van der Waals surface area contributed by atoms with Gasteiger partial charge in [-0.05, 0) is 87.1 Å². The third-order valence-corrected chi connectivity index (χ3v) is 10.8. The zero-order chi connectivity index (χ0) is 36.3. The highest BCUT2D eigenvalue weighted by molar-refractivity contribution is 6.15. The van der Waals surface area contributed by atoms with Crippen molar-refractivity contribution in [2.75, 3.05) is 4.90 Å². The van der Waals surface area contributed by atoms with Crippen LogP contribution < -0.4 is 4.90 Å². The van der Waals surface area contributed by atoms with E-state index < -0.39 is 0 Å². The highest BCUT2D eigenvalue weighted by Crippen LogP contribution is 2.47. The minimum absolute atomic E-state index is 0.828. The molecular formula is C52H33NO2. The van der Waals surface area contributed by atoms with Gasteiger partial charge in [0.15, 0.2) is 5.58 Å². The lowest BCUT2D eigenvalue weighted by molar-refractivity contribution is 0.669. The van der Waals surface area contributed by atoms with Crippen LogP contribution in [-0.2, 0) is 0 Å². The van der Waals surface area contributed by atoms with Crippen molar-refractivity contribution in [1.29, 1.82) is 0 Å². The van der Waals surface area contributed by atoms with Crippen LogP contribution in [0.3, 0.4) is 0 Å². The topological polar surface area (TPSA) is 29.5 Å². The SMILES string of the molecule is c1ccc(-c2cc(-c3ccccc3)cc(N(c3ccc4oc5ccccc5c4c3)c3cccc4c3oc3c(-c5cccc6ccccc56)cccc34)c2)cc1. The van der Waals surface area contributed by atoms with Crippen molar-refractivity contribution in [1.82, 2.24) is 0 Å². The molecule has 0 spiro atoms. The van der Waals surface area contributed by atoms with Crippen molar-refractivity contribution in [3.8, 4) is 33.4 Å². The van der Waals surface area contributed by atoms with Crippen LogP contribution in [0.15, 0.2) is 209 Å². The number of benzene rings is 9. The Morgan fingerprint density at radius 1 is 0.309 bits per heavy atom. The Hall–Kier alpha value is -7.36. The van der Waals surface area contributed by atoms with Crippen LogP contribution >= 0.6 is 0 Å². The summed E-state index contributed by atoms with van der Waals surface area (Å²) in [5.74, 6) is 0. The summed E-state index contributed by atoms with van der Waals surface area (Å²) < 4.78 is 13.5. The van der Waals surface area contributed by atoms with E-state index in [-0.39, 0.29) is 0 Å². The molecule has 0 N–H and O–H groups in total. The fourth-order valence-corrected chi connectivity index (χ4v) is 8.27. The molecule has 55 heavy (non-hydrogen) atoms. The van der Waals surface area contributed by atoms with Crippen molar-refractivity contribution in [3.63, 3.8) is 0 Å². The van der Waals surface area contributed by atoms with Gasteiger partial charge in [0.1, 0.15) is 16.7 Å². The summed E-state index contributed by atoms with van der Waals surface area (Å²) in [4.78, 5) is 2.35. The van der Waals surface area contributed by atoms with Gasteiger partial charge in [0.25, 0.3) is 0 Å². The number of nitrogens with zero attached hydrogens (tertiary/aromatic N) is 1. The van der Waals surface area contributed by atoms with Crippen molar-refractivity contribution in [2.45, 2.75) is 0 Å². The van der Waals surface area contributed by atoms with Crippen LogP contribution in [0.25, 0.3) is 88.0 Å². The molecule has 2 heterocycles. The molecule has 0 aliphatic rings. The molecule has 3 heteroatoms. The summed E-state index contributed by atoms with van der Waals surface area (Å²) in [5.41, 5.74) is 13.2. The number of furan rings is 2. The standard InChI is InChI=1S/C52H33NO2/c1-3-14-34(15-4-1)37-30-38(35-16-5-2-6-17-35)32-40(31-37)53(39-28-29-50-47(33-39)43-21-9-10-27-49(43)54-50)48-26-13-25-46-45-24-12-23-44(51(45)55-52(46)48)42-22-11-19-36-18-7-8-20-41(36)42/h1-33H. The average Bonchev–Trinajstić information content (AvgIpc) is 3.83. The second-order valence-electron chi connectivity index (χ2n) is 14.1. The molecule has 0 saturated heterocycles. The quantitative estimate of drug-likeness (QED) is 0.173. The van der Waals surface area contributed by atoms with Crippen molar-refractivity contribution < 1.29 is 8.83 Å². The highest BCUT2D eigenvalue weighted by atomic mass is 16.3. The molecule has 0 unspecified atom stereocenters. The van der Waals surface area contributed by atoms with E-state index >= 15 is 0 Å². The fourth-order valence-electron chi connectivity index (χ4n) is 8.27. The van der Waals surface area contributed by atoms with Crippen LogP contribution in [0.4, 0.5) is 17.1 Å². The fraction of sp³-hybridized carbons (Fsp3) is 0. The van der Waals surface area contributed by atoms with E-state index in [1.165, 1.54) is 10.8 Å². The summed E-state index contributed by atoms with van der Waals surface area (Å²) in [5, 5.41) is 6.71.